The van der Waals surface area contributed by atoms with Gasteiger partial charge in [-0.05, 0) is 43.9 Å². The van der Waals surface area contributed by atoms with Crippen molar-refractivity contribution < 1.29 is 9.90 Å². The van der Waals surface area contributed by atoms with Crippen LogP contribution in [0.1, 0.15) is 56.0 Å². The number of aromatic carboxylic acids is 1. The molecule has 0 spiro atoms. The van der Waals surface area contributed by atoms with Crippen molar-refractivity contribution in [1.82, 2.24) is 0 Å². The second-order valence-corrected chi connectivity index (χ2v) is 5.03. The summed E-state index contributed by atoms with van der Waals surface area (Å²) in [4.78, 5) is 11.2. The lowest BCUT2D eigenvalue weighted by Crippen LogP contribution is -2.36. The van der Waals surface area contributed by atoms with E-state index in [9.17, 15) is 9.90 Å². The molecule has 0 aliphatic heterocycles. The van der Waals surface area contributed by atoms with Crippen LogP contribution in [0, 0.1) is 6.92 Å². The van der Waals surface area contributed by atoms with Crippen LogP contribution in [0.2, 0.25) is 0 Å². The molecule has 0 bridgehead atoms. The molecule has 1 aromatic carbocycles. The lowest BCUT2D eigenvalue weighted by atomic mass is 9.89. The minimum atomic E-state index is -0.987. The van der Waals surface area contributed by atoms with E-state index >= 15 is 0 Å². The van der Waals surface area contributed by atoms with Gasteiger partial charge in [-0.1, -0.05) is 20.8 Å². The molecule has 0 aliphatic carbocycles. The smallest absolute Gasteiger partial charge is 0.337 e. The summed E-state index contributed by atoms with van der Waals surface area (Å²) in [5.74, 6) is -0.987. The molecule has 19 heavy (non-hydrogen) atoms. The van der Waals surface area contributed by atoms with Crippen LogP contribution in [-0.2, 0) is 0 Å². The number of rotatable bonds is 6. The van der Waals surface area contributed by atoms with Crippen molar-refractivity contribution in [2.24, 2.45) is 0 Å². The molecule has 1 rings (SSSR count). The molecule has 0 saturated carbocycles. The maximum atomic E-state index is 11.2. The Labute approximate surface area is 115 Å². The van der Waals surface area contributed by atoms with Gasteiger partial charge in [-0.15, -0.1) is 0 Å². The van der Waals surface area contributed by atoms with E-state index in [0.29, 0.717) is 5.69 Å². The third kappa shape index (κ3) is 3.19. The molecular formula is C15H24N2O2. The summed E-state index contributed by atoms with van der Waals surface area (Å²) < 4.78 is 0. The number of carbonyl (C=O) groups is 1. The van der Waals surface area contributed by atoms with Gasteiger partial charge in [-0.3, -0.25) is 0 Å². The van der Waals surface area contributed by atoms with E-state index in [1.54, 1.807) is 6.07 Å². The quantitative estimate of drug-likeness (QED) is 0.685. The summed E-state index contributed by atoms with van der Waals surface area (Å²) >= 11 is 0. The maximum Gasteiger partial charge on any atom is 0.337 e. The van der Waals surface area contributed by atoms with Crippen molar-refractivity contribution in [1.29, 1.82) is 0 Å². The average molecular weight is 264 g/mol. The summed E-state index contributed by atoms with van der Waals surface area (Å²) in [7, 11) is 0. The highest BCUT2D eigenvalue weighted by Gasteiger charge is 2.24. The SMILES string of the molecule is CCC(CC)(CC)Nc1cc(C)c(N)c(C(=O)O)c1. The monoisotopic (exact) mass is 264 g/mol. The second kappa shape index (κ2) is 5.95. The van der Waals surface area contributed by atoms with Crippen molar-refractivity contribution in [3.8, 4) is 0 Å². The van der Waals surface area contributed by atoms with Gasteiger partial charge in [0.15, 0.2) is 0 Å². The summed E-state index contributed by atoms with van der Waals surface area (Å²) in [5.41, 5.74) is 7.94. The first-order valence-electron chi connectivity index (χ1n) is 6.80. The van der Waals surface area contributed by atoms with Crippen LogP contribution in [0.3, 0.4) is 0 Å². The first-order valence-corrected chi connectivity index (χ1v) is 6.80. The van der Waals surface area contributed by atoms with E-state index < -0.39 is 5.97 Å². The highest BCUT2D eigenvalue weighted by Crippen LogP contribution is 2.29. The Morgan fingerprint density at radius 2 is 1.79 bits per heavy atom. The summed E-state index contributed by atoms with van der Waals surface area (Å²) in [6.07, 6.45) is 2.98. The molecule has 0 aliphatic rings. The average Bonchev–Trinajstić information content (AvgIpc) is 2.39. The molecule has 0 amide bonds. The van der Waals surface area contributed by atoms with Crippen molar-refractivity contribution in [2.75, 3.05) is 11.1 Å². The fourth-order valence-electron chi connectivity index (χ4n) is 2.37. The molecule has 0 fully saturated rings. The third-order valence-electron chi connectivity index (χ3n) is 4.06. The minimum Gasteiger partial charge on any atom is -0.478 e. The zero-order chi connectivity index (χ0) is 14.6. The summed E-state index contributed by atoms with van der Waals surface area (Å²) in [5, 5.41) is 12.7. The molecular weight excluding hydrogens is 240 g/mol. The van der Waals surface area contributed by atoms with Gasteiger partial charge in [0, 0.05) is 16.9 Å². The van der Waals surface area contributed by atoms with Gasteiger partial charge in [0.2, 0.25) is 0 Å². The van der Waals surface area contributed by atoms with Crippen molar-refractivity contribution in [3.63, 3.8) is 0 Å². The van der Waals surface area contributed by atoms with E-state index in [0.717, 1.165) is 30.5 Å². The number of aryl methyl sites for hydroxylation is 1. The number of nitrogens with two attached hydrogens (primary N) is 1. The molecule has 4 nitrogen and oxygen atoms in total. The molecule has 0 atom stereocenters. The van der Waals surface area contributed by atoms with Crippen molar-refractivity contribution in [2.45, 2.75) is 52.5 Å². The van der Waals surface area contributed by atoms with E-state index in [-0.39, 0.29) is 11.1 Å². The fourth-order valence-corrected chi connectivity index (χ4v) is 2.37. The normalized spacial score (nSPS) is 11.4. The van der Waals surface area contributed by atoms with Gasteiger partial charge in [-0.25, -0.2) is 4.79 Å². The zero-order valence-electron chi connectivity index (χ0n) is 12.2. The number of carboxylic acids is 1. The predicted octanol–water partition coefficient (Wildman–Crippen LogP) is 3.66. The third-order valence-corrected chi connectivity index (χ3v) is 4.06. The molecule has 0 heterocycles. The Bertz CT molecular complexity index is 457. The van der Waals surface area contributed by atoms with E-state index in [2.05, 4.69) is 26.1 Å². The standard InChI is InChI=1S/C15H24N2O2/c1-5-15(6-2,7-3)17-11-8-10(4)13(16)12(9-11)14(18)19/h8-9,17H,5-7,16H2,1-4H3,(H,18,19). The number of hydrogen-bond acceptors (Lipinski definition) is 3. The maximum absolute atomic E-state index is 11.2. The molecule has 106 valence electrons. The summed E-state index contributed by atoms with van der Waals surface area (Å²) in [6, 6.07) is 3.54. The molecule has 0 radical (unpaired) electrons. The molecule has 0 saturated heterocycles. The Balaban J connectivity index is 3.18. The predicted molar refractivity (Wildman–Crippen MR) is 79.8 cm³/mol. The van der Waals surface area contributed by atoms with E-state index in [1.165, 1.54) is 0 Å². The van der Waals surface area contributed by atoms with Gasteiger partial charge < -0.3 is 16.2 Å². The lowest BCUT2D eigenvalue weighted by molar-refractivity contribution is 0.0698. The topological polar surface area (TPSA) is 75.3 Å². The first kappa shape index (κ1) is 15.3. The van der Waals surface area contributed by atoms with Crippen LogP contribution in [0.4, 0.5) is 11.4 Å². The Hall–Kier alpha value is -1.71. The highest BCUT2D eigenvalue weighted by atomic mass is 16.4. The van der Waals surface area contributed by atoms with Crippen molar-refractivity contribution in [3.05, 3.63) is 23.3 Å². The van der Waals surface area contributed by atoms with Crippen LogP contribution in [0.5, 0.6) is 0 Å². The molecule has 4 N–H and O–H groups in total. The Kier molecular flexibility index (Phi) is 4.81. The zero-order valence-corrected chi connectivity index (χ0v) is 12.2. The van der Waals surface area contributed by atoms with Crippen LogP contribution in [0.15, 0.2) is 12.1 Å². The van der Waals surface area contributed by atoms with Gasteiger partial charge in [-0.2, -0.15) is 0 Å². The van der Waals surface area contributed by atoms with Crippen LogP contribution < -0.4 is 11.1 Å². The number of nitrogen functional groups attached to an aromatic ring is 1. The number of hydrogen-bond donors (Lipinski definition) is 3. The first-order chi connectivity index (χ1) is 8.89. The molecule has 1 aromatic rings. The number of anilines is 2. The van der Waals surface area contributed by atoms with E-state index in [4.69, 9.17) is 5.73 Å². The van der Waals surface area contributed by atoms with Crippen LogP contribution in [0.25, 0.3) is 0 Å². The van der Waals surface area contributed by atoms with Crippen LogP contribution >= 0.6 is 0 Å². The van der Waals surface area contributed by atoms with Crippen LogP contribution in [-0.4, -0.2) is 16.6 Å². The fraction of sp³-hybridized carbons (Fsp3) is 0.533. The molecule has 0 aromatic heterocycles. The number of nitrogens with one attached hydrogen (secondary N) is 1. The van der Waals surface area contributed by atoms with Gasteiger partial charge in [0.1, 0.15) is 0 Å². The van der Waals surface area contributed by atoms with Gasteiger partial charge in [0.05, 0.1) is 5.56 Å². The second-order valence-electron chi connectivity index (χ2n) is 5.03. The van der Waals surface area contributed by atoms with E-state index in [1.807, 2.05) is 13.0 Å². The largest absolute Gasteiger partial charge is 0.478 e. The van der Waals surface area contributed by atoms with Crippen molar-refractivity contribution >= 4 is 17.3 Å². The Morgan fingerprint density at radius 3 is 2.21 bits per heavy atom. The molecule has 0 unspecified atom stereocenters. The lowest BCUT2D eigenvalue weighted by Gasteiger charge is -2.33. The number of benzene rings is 1. The highest BCUT2D eigenvalue weighted by molar-refractivity contribution is 5.95. The van der Waals surface area contributed by atoms with Gasteiger partial charge in [0.25, 0.3) is 0 Å². The summed E-state index contributed by atoms with van der Waals surface area (Å²) in [6.45, 7) is 8.26. The Morgan fingerprint density at radius 1 is 1.26 bits per heavy atom. The van der Waals surface area contributed by atoms with Gasteiger partial charge >= 0.3 is 5.97 Å². The number of carboxylic acid groups (broad SMARTS) is 1. The molecule has 4 heteroatoms. The minimum absolute atomic E-state index is 0.0122.